The maximum atomic E-state index is 13.3. The Kier molecular flexibility index (Phi) is 6.15. The molecule has 1 N–H and O–H groups in total. The lowest BCUT2D eigenvalue weighted by atomic mass is 10.0. The standard InChI is InChI=1S/C30H28N4O/c1-4-17-34-21(3)26(24-15-10-11-20(2)29(24)34)19-31-33-30(35)25-18-28(22-12-6-5-7-13-22)32-27-16-9-8-14-23(25)27/h5-16,18-19H,4,17H2,1-3H3,(H,33,35)/b31-19+. The molecule has 5 aromatic rings. The number of fused-ring (bicyclic) bond motifs is 2. The second-order valence-corrected chi connectivity index (χ2v) is 8.76. The monoisotopic (exact) mass is 460 g/mol. The van der Waals surface area contributed by atoms with E-state index in [-0.39, 0.29) is 5.91 Å². The molecule has 0 aliphatic carbocycles. The van der Waals surface area contributed by atoms with Crippen LogP contribution in [-0.2, 0) is 6.54 Å². The molecular formula is C30H28N4O. The van der Waals surface area contributed by atoms with Crippen molar-refractivity contribution in [3.05, 3.63) is 101 Å². The summed E-state index contributed by atoms with van der Waals surface area (Å²) in [7, 11) is 0. The van der Waals surface area contributed by atoms with Crippen molar-refractivity contribution >= 4 is 33.9 Å². The van der Waals surface area contributed by atoms with E-state index in [1.54, 1.807) is 6.21 Å². The van der Waals surface area contributed by atoms with Gasteiger partial charge in [0.05, 0.1) is 28.5 Å². The van der Waals surface area contributed by atoms with Gasteiger partial charge in [-0.15, -0.1) is 0 Å². The summed E-state index contributed by atoms with van der Waals surface area (Å²) >= 11 is 0. The molecule has 1 amide bonds. The molecule has 0 radical (unpaired) electrons. The van der Waals surface area contributed by atoms with E-state index in [1.165, 1.54) is 11.1 Å². The highest BCUT2D eigenvalue weighted by Crippen LogP contribution is 2.28. The van der Waals surface area contributed by atoms with Crippen LogP contribution in [0.2, 0.25) is 0 Å². The summed E-state index contributed by atoms with van der Waals surface area (Å²) in [6.07, 6.45) is 2.81. The molecule has 0 saturated carbocycles. The largest absolute Gasteiger partial charge is 0.344 e. The van der Waals surface area contributed by atoms with Gasteiger partial charge in [-0.3, -0.25) is 4.79 Å². The van der Waals surface area contributed by atoms with E-state index in [0.717, 1.165) is 51.8 Å². The minimum atomic E-state index is -0.261. The zero-order valence-electron chi connectivity index (χ0n) is 20.2. The van der Waals surface area contributed by atoms with Crippen molar-refractivity contribution in [1.29, 1.82) is 0 Å². The summed E-state index contributed by atoms with van der Waals surface area (Å²) in [6, 6.07) is 25.7. The van der Waals surface area contributed by atoms with Crippen molar-refractivity contribution in [3.8, 4) is 11.3 Å². The number of benzene rings is 3. The molecular weight excluding hydrogens is 432 g/mol. The minimum Gasteiger partial charge on any atom is -0.344 e. The van der Waals surface area contributed by atoms with Crippen LogP contribution < -0.4 is 5.43 Å². The first kappa shape index (κ1) is 22.5. The highest BCUT2D eigenvalue weighted by atomic mass is 16.2. The van der Waals surface area contributed by atoms with E-state index < -0.39 is 0 Å². The van der Waals surface area contributed by atoms with Crippen LogP contribution in [0.25, 0.3) is 33.1 Å². The number of para-hydroxylation sites is 2. The zero-order valence-corrected chi connectivity index (χ0v) is 20.2. The molecule has 174 valence electrons. The first-order chi connectivity index (χ1) is 17.1. The van der Waals surface area contributed by atoms with E-state index in [0.29, 0.717) is 5.56 Å². The Morgan fingerprint density at radius 2 is 1.71 bits per heavy atom. The zero-order chi connectivity index (χ0) is 24.4. The molecule has 0 fully saturated rings. The van der Waals surface area contributed by atoms with Gasteiger partial charge in [-0.25, -0.2) is 10.4 Å². The molecule has 2 aromatic heterocycles. The first-order valence-corrected chi connectivity index (χ1v) is 12.0. The summed E-state index contributed by atoms with van der Waals surface area (Å²) in [5.41, 5.74) is 10.4. The van der Waals surface area contributed by atoms with Crippen LogP contribution in [0.1, 0.15) is 40.5 Å². The van der Waals surface area contributed by atoms with Crippen molar-refractivity contribution in [2.45, 2.75) is 33.7 Å². The van der Waals surface area contributed by atoms with Gasteiger partial charge in [-0.1, -0.05) is 73.7 Å². The Bertz CT molecular complexity index is 1560. The lowest BCUT2D eigenvalue weighted by molar-refractivity contribution is 0.0956. The number of carbonyl (C=O) groups excluding carboxylic acids is 1. The van der Waals surface area contributed by atoms with Crippen molar-refractivity contribution in [2.24, 2.45) is 5.10 Å². The molecule has 0 unspecified atom stereocenters. The van der Waals surface area contributed by atoms with Gasteiger partial charge in [0.25, 0.3) is 5.91 Å². The van der Waals surface area contributed by atoms with Crippen molar-refractivity contribution in [3.63, 3.8) is 0 Å². The number of rotatable bonds is 6. The highest BCUT2D eigenvalue weighted by molar-refractivity contribution is 6.08. The van der Waals surface area contributed by atoms with Gasteiger partial charge in [0.15, 0.2) is 0 Å². The van der Waals surface area contributed by atoms with Crippen LogP contribution in [0.3, 0.4) is 0 Å². The number of hydrogen-bond donors (Lipinski definition) is 1. The van der Waals surface area contributed by atoms with E-state index in [1.807, 2.05) is 60.7 Å². The molecule has 0 atom stereocenters. The Morgan fingerprint density at radius 3 is 2.51 bits per heavy atom. The van der Waals surface area contributed by atoms with Gasteiger partial charge in [-0.05, 0) is 38.0 Å². The highest BCUT2D eigenvalue weighted by Gasteiger charge is 2.15. The lowest BCUT2D eigenvalue weighted by Crippen LogP contribution is -2.18. The number of aromatic nitrogens is 2. The third-order valence-electron chi connectivity index (χ3n) is 6.43. The summed E-state index contributed by atoms with van der Waals surface area (Å²) in [6.45, 7) is 7.37. The van der Waals surface area contributed by atoms with Crippen molar-refractivity contribution in [2.75, 3.05) is 0 Å². The third-order valence-corrected chi connectivity index (χ3v) is 6.43. The molecule has 5 rings (SSSR count). The maximum absolute atomic E-state index is 13.3. The number of nitrogens with one attached hydrogen (secondary N) is 1. The quantitative estimate of drug-likeness (QED) is 0.228. The molecule has 2 heterocycles. The molecule has 0 aliphatic heterocycles. The normalized spacial score (nSPS) is 11.5. The number of carbonyl (C=O) groups is 1. The van der Waals surface area contributed by atoms with Gasteiger partial charge in [0.2, 0.25) is 0 Å². The van der Waals surface area contributed by atoms with E-state index in [9.17, 15) is 4.79 Å². The predicted molar refractivity (Wildman–Crippen MR) is 144 cm³/mol. The SMILES string of the molecule is CCCn1c(C)c(/C=N/NC(=O)c2cc(-c3ccccc3)nc3ccccc23)c2cccc(C)c21. The van der Waals surface area contributed by atoms with E-state index in [2.05, 4.69) is 54.1 Å². The fourth-order valence-electron chi connectivity index (χ4n) is 4.74. The maximum Gasteiger partial charge on any atom is 0.272 e. The molecule has 0 spiro atoms. The Hall–Kier alpha value is -4.25. The molecule has 5 heteroatoms. The minimum absolute atomic E-state index is 0.261. The Morgan fingerprint density at radius 1 is 0.971 bits per heavy atom. The molecule has 0 aliphatic rings. The smallest absolute Gasteiger partial charge is 0.272 e. The fourth-order valence-corrected chi connectivity index (χ4v) is 4.74. The number of pyridine rings is 1. The van der Waals surface area contributed by atoms with Crippen molar-refractivity contribution in [1.82, 2.24) is 15.0 Å². The molecule has 0 bridgehead atoms. The predicted octanol–water partition coefficient (Wildman–Crippen LogP) is 6.65. The van der Waals surface area contributed by atoms with Gasteiger partial charge >= 0.3 is 0 Å². The van der Waals surface area contributed by atoms with E-state index in [4.69, 9.17) is 4.98 Å². The summed E-state index contributed by atoms with van der Waals surface area (Å²) < 4.78 is 2.34. The molecule has 35 heavy (non-hydrogen) atoms. The van der Waals surface area contributed by atoms with Crippen LogP contribution in [0.15, 0.2) is 84.0 Å². The average Bonchev–Trinajstić information content (AvgIpc) is 3.16. The Labute approximate surface area is 205 Å². The van der Waals surface area contributed by atoms with Gasteiger partial charge in [-0.2, -0.15) is 5.10 Å². The summed E-state index contributed by atoms with van der Waals surface area (Å²) in [5, 5.41) is 6.33. The topological polar surface area (TPSA) is 59.3 Å². The number of amides is 1. The van der Waals surface area contributed by atoms with Gasteiger partial charge < -0.3 is 4.57 Å². The van der Waals surface area contributed by atoms with Crippen LogP contribution in [-0.4, -0.2) is 21.7 Å². The first-order valence-electron chi connectivity index (χ1n) is 12.0. The number of aryl methyl sites for hydroxylation is 2. The van der Waals surface area contributed by atoms with Crippen LogP contribution in [0, 0.1) is 13.8 Å². The van der Waals surface area contributed by atoms with Gasteiger partial charge in [0, 0.05) is 34.1 Å². The third kappa shape index (κ3) is 4.21. The van der Waals surface area contributed by atoms with Crippen molar-refractivity contribution < 1.29 is 4.79 Å². The average molecular weight is 461 g/mol. The lowest BCUT2D eigenvalue weighted by Gasteiger charge is -2.09. The molecule has 3 aromatic carbocycles. The van der Waals surface area contributed by atoms with Crippen LogP contribution in [0.4, 0.5) is 0 Å². The molecule has 5 nitrogen and oxygen atoms in total. The summed E-state index contributed by atoms with van der Waals surface area (Å²) in [5.74, 6) is -0.261. The fraction of sp³-hybridized carbons (Fsp3) is 0.167. The Balaban J connectivity index is 1.50. The van der Waals surface area contributed by atoms with Gasteiger partial charge in [0.1, 0.15) is 0 Å². The van der Waals surface area contributed by atoms with Crippen LogP contribution in [0.5, 0.6) is 0 Å². The number of hydrogen-bond acceptors (Lipinski definition) is 3. The number of hydrazone groups is 1. The van der Waals surface area contributed by atoms with Crippen LogP contribution >= 0.6 is 0 Å². The van der Waals surface area contributed by atoms with E-state index >= 15 is 0 Å². The summed E-state index contributed by atoms with van der Waals surface area (Å²) in [4.78, 5) is 18.1. The second kappa shape index (κ2) is 9.55. The molecule has 0 saturated heterocycles. The number of nitrogens with zero attached hydrogens (tertiary/aromatic N) is 3. The second-order valence-electron chi connectivity index (χ2n) is 8.76.